The van der Waals surface area contributed by atoms with Gasteiger partial charge in [0.2, 0.25) is 5.91 Å². The Bertz CT molecular complexity index is 763. The minimum absolute atomic E-state index is 0.0197. The largest absolute Gasteiger partial charge is 0.342 e. The molecule has 5 heteroatoms. The number of amides is 2. The number of fused-ring (bicyclic) bond motifs is 1. The first-order valence-corrected chi connectivity index (χ1v) is 9.03. The molecule has 0 fully saturated rings. The first kappa shape index (κ1) is 16.7. The van der Waals surface area contributed by atoms with Crippen LogP contribution in [-0.4, -0.2) is 18.4 Å². The van der Waals surface area contributed by atoms with Gasteiger partial charge < -0.3 is 10.6 Å². The molecule has 1 aliphatic rings. The van der Waals surface area contributed by atoms with Gasteiger partial charge in [-0.15, -0.1) is 11.3 Å². The normalized spacial score (nSPS) is 12.8. The van der Waals surface area contributed by atoms with Gasteiger partial charge in [-0.25, -0.2) is 0 Å². The number of hydrogen-bond acceptors (Lipinski definition) is 3. The summed E-state index contributed by atoms with van der Waals surface area (Å²) in [5, 5.41) is 5.62. The summed E-state index contributed by atoms with van der Waals surface area (Å²) in [5.74, 6) is -0.371. The topological polar surface area (TPSA) is 58.2 Å². The van der Waals surface area contributed by atoms with Gasteiger partial charge in [0.15, 0.2) is 0 Å². The van der Waals surface area contributed by atoms with Crippen LogP contribution in [0.2, 0.25) is 0 Å². The summed E-state index contributed by atoms with van der Waals surface area (Å²) >= 11 is 1.55. The minimum Gasteiger partial charge on any atom is -0.342 e. The van der Waals surface area contributed by atoms with Crippen molar-refractivity contribution in [2.45, 2.75) is 40.0 Å². The molecule has 24 heavy (non-hydrogen) atoms. The maximum Gasteiger partial charge on any atom is 0.261 e. The lowest BCUT2D eigenvalue weighted by atomic mass is 10.1. The van der Waals surface area contributed by atoms with Crippen molar-refractivity contribution < 1.29 is 9.59 Å². The molecule has 2 N–H and O–H groups in total. The quantitative estimate of drug-likeness (QED) is 0.893. The van der Waals surface area contributed by atoms with Crippen molar-refractivity contribution >= 4 is 28.8 Å². The second kappa shape index (κ2) is 6.77. The SMILES string of the molecule is Cc1cc(C)c(NC(=O)CNC(=O)c2cc3c(s2)CCC3)c(C)c1. The van der Waals surface area contributed by atoms with Crippen molar-refractivity contribution in [2.24, 2.45) is 0 Å². The molecule has 0 aliphatic heterocycles. The van der Waals surface area contributed by atoms with Crippen LogP contribution in [0, 0.1) is 20.8 Å². The Hall–Kier alpha value is -2.14. The number of aryl methyl sites for hydroxylation is 5. The number of carbonyl (C=O) groups is 2. The lowest BCUT2D eigenvalue weighted by Gasteiger charge is -2.13. The average Bonchev–Trinajstić information content (AvgIpc) is 3.09. The Morgan fingerprint density at radius 2 is 1.79 bits per heavy atom. The molecule has 0 saturated heterocycles. The number of hydrogen-bond donors (Lipinski definition) is 2. The van der Waals surface area contributed by atoms with Crippen LogP contribution >= 0.6 is 11.3 Å². The van der Waals surface area contributed by atoms with Gasteiger partial charge in [0.05, 0.1) is 11.4 Å². The average molecular weight is 342 g/mol. The van der Waals surface area contributed by atoms with E-state index in [9.17, 15) is 9.59 Å². The van der Waals surface area contributed by atoms with E-state index in [1.54, 1.807) is 11.3 Å². The van der Waals surface area contributed by atoms with Gasteiger partial charge in [-0.3, -0.25) is 9.59 Å². The predicted molar refractivity (Wildman–Crippen MR) is 98.0 cm³/mol. The van der Waals surface area contributed by atoms with Gasteiger partial charge in [0, 0.05) is 10.6 Å². The molecular formula is C19H22N2O2S. The third-order valence-electron chi connectivity index (χ3n) is 4.32. The van der Waals surface area contributed by atoms with E-state index in [0.717, 1.165) is 29.7 Å². The van der Waals surface area contributed by atoms with Crippen LogP contribution < -0.4 is 10.6 Å². The highest BCUT2D eigenvalue weighted by Crippen LogP contribution is 2.30. The van der Waals surface area contributed by atoms with E-state index < -0.39 is 0 Å². The van der Waals surface area contributed by atoms with Crippen LogP contribution in [0.25, 0.3) is 0 Å². The van der Waals surface area contributed by atoms with Crippen molar-refractivity contribution in [2.75, 3.05) is 11.9 Å². The Morgan fingerprint density at radius 3 is 2.46 bits per heavy atom. The first-order chi connectivity index (χ1) is 11.4. The highest BCUT2D eigenvalue weighted by Gasteiger charge is 2.19. The zero-order valence-corrected chi connectivity index (χ0v) is 15.1. The van der Waals surface area contributed by atoms with Crippen LogP contribution in [0.1, 0.15) is 43.2 Å². The van der Waals surface area contributed by atoms with Crippen LogP contribution in [0.4, 0.5) is 5.69 Å². The molecule has 1 aromatic heterocycles. The molecule has 0 radical (unpaired) electrons. The van der Waals surface area contributed by atoms with Gasteiger partial charge in [0.25, 0.3) is 5.91 Å². The monoisotopic (exact) mass is 342 g/mol. The molecule has 1 aliphatic carbocycles. The lowest BCUT2D eigenvalue weighted by molar-refractivity contribution is -0.115. The molecule has 0 bridgehead atoms. The van der Waals surface area contributed by atoms with Crippen LogP contribution in [0.5, 0.6) is 0 Å². The summed E-state index contributed by atoms with van der Waals surface area (Å²) < 4.78 is 0. The number of thiophene rings is 1. The van der Waals surface area contributed by atoms with Crippen molar-refractivity contribution in [1.29, 1.82) is 0 Å². The maximum atomic E-state index is 12.2. The molecule has 4 nitrogen and oxygen atoms in total. The van der Waals surface area contributed by atoms with E-state index in [-0.39, 0.29) is 18.4 Å². The lowest BCUT2D eigenvalue weighted by Crippen LogP contribution is -2.32. The Labute approximate surface area is 146 Å². The summed E-state index contributed by atoms with van der Waals surface area (Å²) in [4.78, 5) is 26.4. The summed E-state index contributed by atoms with van der Waals surface area (Å²) in [7, 11) is 0. The molecule has 2 amide bonds. The van der Waals surface area contributed by atoms with E-state index >= 15 is 0 Å². The molecule has 2 aromatic rings. The van der Waals surface area contributed by atoms with Gasteiger partial charge >= 0.3 is 0 Å². The Balaban J connectivity index is 1.58. The fraction of sp³-hybridized carbons (Fsp3) is 0.368. The number of carbonyl (C=O) groups excluding carboxylic acids is 2. The van der Waals surface area contributed by atoms with Crippen molar-refractivity contribution in [3.05, 3.63) is 50.2 Å². The fourth-order valence-electron chi connectivity index (χ4n) is 3.25. The maximum absolute atomic E-state index is 12.2. The third-order valence-corrected chi connectivity index (χ3v) is 5.56. The third kappa shape index (κ3) is 3.51. The van der Waals surface area contributed by atoms with Gasteiger partial charge in [-0.2, -0.15) is 0 Å². The molecule has 3 rings (SSSR count). The van der Waals surface area contributed by atoms with E-state index in [1.807, 2.05) is 39.0 Å². The summed E-state index contributed by atoms with van der Waals surface area (Å²) in [6, 6.07) is 6.04. The second-order valence-corrected chi connectivity index (χ2v) is 7.55. The van der Waals surface area contributed by atoms with Crippen molar-refractivity contribution in [3.8, 4) is 0 Å². The number of rotatable bonds is 4. The first-order valence-electron chi connectivity index (χ1n) is 8.21. The molecule has 0 spiro atoms. The zero-order chi connectivity index (χ0) is 17.3. The highest BCUT2D eigenvalue weighted by molar-refractivity contribution is 7.14. The van der Waals surface area contributed by atoms with Crippen molar-refractivity contribution in [3.63, 3.8) is 0 Å². The van der Waals surface area contributed by atoms with E-state index in [0.29, 0.717) is 4.88 Å². The number of benzene rings is 1. The Morgan fingerprint density at radius 1 is 1.08 bits per heavy atom. The molecular weight excluding hydrogens is 320 g/mol. The second-order valence-electron chi connectivity index (χ2n) is 6.42. The molecule has 1 heterocycles. The summed E-state index contributed by atoms with van der Waals surface area (Å²) in [6.07, 6.45) is 3.31. The van der Waals surface area contributed by atoms with Gasteiger partial charge in [-0.1, -0.05) is 17.7 Å². The van der Waals surface area contributed by atoms with Crippen LogP contribution in [0.3, 0.4) is 0 Å². The Kier molecular flexibility index (Phi) is 4.71. The minimum atomic E-state index is -0.206. The molecule has 0 atom stereocenters. The van der Waals surface area contributed by atoms with E-state index in [2.05, 4.69) is 10.6 Å². The number of anilines is 1. The molecule has 0 unspecified atom stereocenters. The van der Waals surface area contributed by atoms with Crippen LogP contribution in [0.15, 0.2) is 18.2 Å². The van der Waals surface area contributed by atoms with Gasteiger partial charge in [0.1, 0.15) is 0 Å². The predicted octanol–water partition coefficient (Wildman–Crippen LogP) is 3.53. The smallest absolute Gasteiger partial charge is 0.261 e. The van der Waals surface area contributed by atoms with E-state index in [4.69, 9.17) is 0 Å². The van der Waals surface area contributed by atoms with Crippen LogP contribution in [-0.2, 0) is 17.6 Å². The number of nitrogens with one attached hydrogen (secondary N) is 2. The summed E-state index contributed by atoms with van der Waals surface area (Å²) in [6.45, 7) is 5.96. The molecule has 1 aromatic carbocycles. The van der Waals surface area contributed by atoms with Gasteiger partial charge in [-0.05, 0) is 62.8 Å². The van der Waals surface area contributed by atoms with E-state index in [1.165, 1.54) is 22.4 Å². The molecule has 126 valence electrons. The zero-order valence-electron chi connectivity index (χ0n) is 14.3. The summed E-state index contributed by atoms with van der Waals surface area (Å²) in [5.41, 5.74) is 5.35. The molecule has 0 saturated carbocycles. The van der Waals surface area contributed by atoms with Crippen molar-refractivity contribution in [1.82, 2.24) is 5.32 Å². The fourth-order valence-corrected chi connectivity index (χ4v) is 4.42. The highest BCUT2D eigenvalue weighted by atomic mass is 32.1. The standard InChI is InChI=1S/C19H22N2O2S/c1-11-7-12(2)18(13(3)8-11)21-17(22)10-20-19(23)16-9-14-5-4-6-15(14)24-16/h7-9H,4-6,10H2,1-3H3,(H,20,23)(H,21,22).